The van der Waals surface area contributed by atoms with Gasteiger partial charge in [-0.15, -0.1) is 0 Å². The summed E-state index contributed by atoms with van der Waals surface area (Å²) in [4.78, 5) is 0. The lowest BCUT2D eigenvalue weighted by molar-refractivity contribution is -0.0662. The molecule has 0 aromatic heterocycles. The SMILES string of the molecule is CCNC(CCCC1CCC2(CCCCC2)O1)C(C)C. The molecule has 2 aliphatic rings. The monoisotopic (exact) mass is 281 g/mol. The van der Waals surface area contributed by atoms with Gasteiger partial charge in [0.05, 0.1) is 11.7 Å². The van der Waals surface area contributed by atoms with E-state index in [2.05, 4.69) is 26.1 Å². The van der Waals surface area contributed by atoms with E-state index >= 15 is 0 Å². The summed E-state index contributed by atoms with van der Waals surface area (Å²) in [5.41, 5.74) is 0.308. The zero-order valence-corrected chi connectivity index (χ0v) is 13.9. The summed E-state index contributed by atoms with van der Waals surface area (Å²) >= 11 is 0. The highest BCUT2D eigenvalue weighted by Crippen LogP contribution is 2.42. The van der Waals surface area contributed by atoms with E-state index in [1.807, 2.05) is 0 Å². The molecule has 20 heavy (non-hydrogen) atoms. The smallest absolute Gasteiger partial charge is 0.0687 e. The number of rotatable bonds is 7. The number of nitrogens with one attached hydrogen (secondary N) is 1. The second kappa shape index (κ2) is 7.79. The fraction of sp³-hybridized carbons (Fsp3) is 1.00. The van der Waals surface area contributed by atoms with Gasteiger partial charge in [-0.1, -0.05) is 40.0 Å². The Morgan fingerprint density at radius 1 is 1.15 bits per heavy atom. The summed E-state index contributed by atoms with van der Waals surface area (Å²) in [7, 11) is 0. The molecular weight excluding hydrogens is 246 g/mol. The molecule has 0 aromatic carbocycles. The molecule has 2 rings (SSSR count). The Kier molecular flexibility index (Phi) is 6.35. The first-order valence-electron chi connectivity index (χ1n) is 9.06. The van der Waals surface area contributed by atoms with Gasteiger partial charge >= 0.3 is 0 Å². The highest BCUT2D eigenvalue weighted by atomic mass is 16.5. The van der Waals surface area contributed by atoms with Crippen molar-refractivity contribution in [1.82, 2.24) is 5.32 Å². The summed E-state index contributed by atoms with van der Waals surface area (Å²) < 4.78 is 6.47. The van der Waals surface area contributed by atoms with E-state index in [4.69, 9.17) is 4.74 Å². The second-order valence-electron chi connectivity index (χ2n) is 7.36. The summed E-state index contributed by atoms with van der Waals surface area (Å²) in [5.74, 6) is 0.740. The minimum atomic E-state index is 0.308. The van der Waals surface area contributed by atoms with Crippen molar-refractivity contribution in [3.8, 4) is 0 Å². The van der Waals surface area contributed by atoms with Crippen LogP contribution in [0.15, 0.2) is 0 Å². The van der Waals surface area contributed by atoms with E-state index in [0.717, 1.165) is 12.5 Å². The van der Waals surface area contributed by atoms with E-state index in [1.54, 1.807) is 0 Å². The maximum atomic E-state index is 6.47. The summed E-state index contributed by atoms with van der Waals surface area (Å²) in [6.45, 7) is 7.96. The summed E-state index contributed by atoms with van der Waals surface area (Å²) in [6, 6.07) is 0.685. The van der Waals surface area contributed by atoms with Gasteiger partial charge in [0.1, 0.15) is 0 Å². The normalized spacial score (nSPS) is 27.3. The van der Waals surface area contributed by atoms with Crippen LogP contribution in [-0.2, 0) is 4.74 Å². The molecule has 2 unspecified atom stereocenters. The molecule has 2 fully saturated rings. The Labute approximate surface area is 126 Å². The molecule has 0 aromatic rings. The second-order valence-corrected chi connectivity index (χ2v) is 7.36. The third kappa shape index (κ3) is 4.46. The topological polar surface area (TPSA) is 21.3 Å². The third-order valence-corrected chi connectivity index (χ3v) is 5.42. The Bertz CT molecular complexity index is 271. The molecule has 0 amide bonds. The van der Waals surface area contributed by atoms with Crippen LogP contribution in [0.2, 0.25) is 0 Å². The first-order chi connectivity index (χ1) is 9.65. The van der Waals surface area contributed by atoms with Gasteiger partial charge in [-0.3, -0.25) is 0 Å². The quantitative estimate of drug-likeness (QED) is 0.732. The molecule has 1 aliphatic heterocycles. The standard InChI is InChI=1S/C18H35NO/c1-4-19-17(15(2)3)10-8-9-16-11-14-18(20-16)12-6-5-7-13-18/h15-17,19H,4-14H2,1-3H3. The lowest BCUT2D eigenvalue weighted by Gasteiger charge is -2.33. The number of hydrogen-bond donors (Lipinski definition) is 1. The van der Waals surface area contributed by atoms with Crippen molar-refractivity contribution < 1.29 is 4.74 Å². The maximum Gasteiger partial charge on any atom is 0.0687 e. The molecule has 1 spiro atoms. The van der Waals surface area contributed by atoms with Crippen molar-refractivity contribution in [3.63, 3.8) is 0 Å². The predicted molar refractivity (Wildman–Crippen MR) is 86.1 cm³/mol. The van der Waals surface area contributed by atoms with Gasteiger partial charge in [0, 0.05) is 6.04 Å². The molecule has 1 saturated carbocycles. The van der Waals surface area contributed by atoms with E-state index in [1.165, 1.54) is 64.2 Å². The molecule has 1 saturated heterocycles. The molecule has 2 atom stereocenters. The zero-order valence-electron chi connectivity index (χ0n) is 13.9. The van der Waals surface area contributed by atoms with Crippen LogP contribution < -0.4 is 5.32 Å². The molecule has 1 N–H and O–H groups in total. The highest BCUT2D eigenvalue weighted by Gasteiger charge is 2.40. The predicted octanol–water partition coefficient (Wildman–Crippen LogP) is 4.67. The van der Waals surface area contributed by atoms with Crippen molar-refractivity contribution in [1.29, 1.82) is 0 Å². The van der Waals surface area contributed by atoms with Crippen molar-refractivity contribution in [2.24, 2.45) is 5.92 Å². The fourth-order valence-corrected chi connectivity index (χ4v) is 4.16. The van der Waals surface area contributed by atoms with Crippen LogP contribution in [0.25, 0.3) is 0 Å². The zero-order chi connectivity index (χ0) is 14.4. The number of ether oxygens (including phenoxy) is 1. The first-order valence-corrected chi connectivity index (χ1v) is 9.06. The van der Waals surface area contributed by atoms with Crippen molar-refractivity contribution in [2.75, 3.05) is 6.54 Å². The molecule has 2 nitrogen and oxygen atoms in total. The van der Waals surface area contributed by atoms with Gasteiger partial charge in [-0.25, -0.2) is 0 Å². The molecule has 0 bridgehead atoms. The van der Waals surface area contributed by atoms with Crippen molar-refractivity contribution in [3.05, 3.63) is 0 Å². The van der Waals surface area contributed by atoms with E-state index in [0.29, 0.717) is 17.7 Å². The van der Waals surface area contributed by atoms with Gasteiger partial charge in [-0.05, 0) is 57.4 Å². The van der Waals surface area contributed by atoms with E-state index in [-0.39, 0.29) is 0 Å². The van der Waals surface area contributed by atoms with E-state index in [9.17, 15) is 0 Å². The van der Waals surface area contributed by atoms with Gasteiger partial charge in [0.2, 0.25) is 0 Å². The Hall–Kier alpha value is -0.0800. The Balaban J connectivity index is 1.67. The first kappa shape index (κ1) is 16.3. The summed E-state index contributed by atoms with van der Waals surface area (Å²) in [5, 5.41) is 3.62. The number of hydrogen-bond acceptors (Lipinski definition) is 2. The minimum Gasteiger partial charge on any atom is -0.372 e. The Morgan fingerprint density at radius 3 is 2.55 bits per heavy atom. The average Bonchev–Trinajstić information content (AvgIpc) is 2.81. The van der Waals surface area contributed by atoms with Gasteiger partial charge in [-0.2, -0.15) is 0 Å². The highest BCUT2D eigenvalue weighted by molar-refractivity contribution is 4.91. The van der Waals surface area contributed by atoms with Crippen LogP contribution in [-0.4, -0.2) is 24.3 Å². The Morgan fingerprint density at radius 2 is 1.90 bits per heavy atom. The summed E-state index contributed by atoms with van der Waals surface area (Å²) in [6.07, 6.45) is 14.0. The lowest BCUT2D eigenvalue weighted by Crippen LogP contribution is -2.34. The van der Waals surface area contributed by atoms with Gasteiger partial charge in [0.15, 0.2) is 0 Å². The van der Waals surface area contributed by atoms with Gasteiger partial charge in [0.25, 0.3) is 0 Å². The fourth-order valence-electron chi connectivity index (χ4n) is 4.16. The van der Waals surface area contributed by atoms with Crippen LogP contribution >= 0.6 is 0 Å². The molecule has 2 heteroatoms. The average molecular weight is 281 g/mol. The van der Waals surface area contributed by atoms with Crippen LogP contribution in [0.3, 0.4) is 0 Å². The molecule has 118 valence electrons. The largest absolute Gasteiger partial charge is 0.372 e. The van der Waals surface area contributed by atoms with Crippen LogP contribution in [0.4, 0.5) is 0 Å². The van der Waals surface area contributed by atoms with Crippen LogP contribution in [0.5, 0.6) is 0 Å². The minimum absolute atomic E-state index is 0.308. The van der Waals surface area contributed by atoms with Crippen molar-refractivity contribution in [2.45, 2.75) is 103 Å². The molecule has 0 radical (unpaired) electrons. The van der Waals surface area contributed by atoms with Crippen molar-refractivity contribution >= 4 is 0 Å². The molecule has 1 heterocycles. The third-order valence-electron chi connectivity index (χ3n) is 5.42. The lowest BCUT2D eigenvalue weighted by atomic mass is 9.83. The molecular formula is C18H35NO. The van der Waals surface area contributed by atoms with Crippen LogP contribution in [0, 0.1) is 5.92 Å². The van der Waals surface area contributed by atoms with Crippen LogP contribution in [0.1, 0.15) is 85.0 Å². The van der Waals surface area contributed by atoms with E-state index < -0.39 is 0 Å². The maximum absolute atomic E-state index is 6.47. The molecule has 1 aliphatic carbocycles. The van der Waals surface area contributed by atoms with Gasteiger partial charge < -0.3 is 10.1 Å².